The van der Waals surface area contributed by atoms with E-state index in [9.17, 15) is 9.59 Å². The second-order valence-corrected chi connectivity index (χ2v) is 6.02. The zero-order chi connectivity index (χ0) is 17.6. The van der Waals surface area contributed by atoms with Crippen molar-refractivity contribution in [1.82, 2.24) is 0 Å². The van der Waals surface area contributed by atoms with Gasteiger partial charge in [0.25, 0.3) is 5.91 Å². The number of nitrogens with two attached hydrogens (primary N) is 1. The van der Waals surface area contributed by atoms with Crippen LogP contribution < -0.4 is 16.4 Å². The first-order chi connectivity index (χ1) is 11.4. The van der Waals surface area contributed by atoms with Gasteiger partial charge in [0.05, 0.1) is 5.54 Å². The molecule has 1 unspecified atom stereocenters. The average Bonchev–Trinajstić information content (AvgIpc) is 2.56. The van der Waals surface area contributed by atoms with E-state index in [1.165, 1.54) is 0 Å². The number of anilines is 2. The quantitative estimate of drug-likeness (QED) is 0.731. The zero-order valence-corrected chi connectivity index (χ0v) is 15.2. The lowest BCUT2D eigenvalue weighted by molar-refractivity contribution is -0.120. The van der Waals surface area contributed by atoms with E-state index in [4.69, 9.17) is 5.73 Å². The van der Waals surface area contributed by atoms with Crippen molar-refractivity contribution in [1.29, 1.82) is 0 Å². The van der Waals surface area contributed by atoms with Crippen molar-refractivity contribution in [3.8, 4) is 0 Å². The van der Waals surface area contributed by atoms with Crippen LogP contribution in [0.15, 0.2) is 54.6 Å². The van der Waals surface area contributed by atoms with Crippen molar-refractivity contribution < 1.29 is 9.59 Å². The second kappa shape index (κ2) is 9.20. The number of carbonyl (C=O) groups is 2. The molecular weight excluding hydrogens is 338 g/mol. The lowest BCUT2D eigenvalue weighted by atomic mass is 9.96. The molecule has 0 bridgehead atoms. The van der Waals surface area contributed by atoms with Crippen molar-refractivity contribution >= 4 is 35.6 Å². The maximum atomic E-state index is 12.2. The minimum Gasteiger partial charge on any atom is -0.325 e. The first-order valence-electron chi connectivity index (χ1n) is 7.99. The van der Waals surface area contributed by atoms with Crippen LogP contribution in [0.1, 0.15) is 37.0 Å². The van der Waals surface area contributed by atoms with Crippen LogP contribution in [0.4, 0.5) is 11.4 Å². The molecule has 6 heteroatoms. The first kappa shape index (κ1) is 20.7. The molecule has 2 aromatic rings. The number of carbonyl (C=O) groups excluding carboxylic acids is 2. The van der Waals surface area contributed by atoms with Gasteiger partial charge in [0.2, 0.25) is 5.91 Å². The number of benzene rings is 2. The van der Waals surface area contributed by atoms with E-state index < -0.39 is 5.54 Å². The van der Waals surface area contributed by atoms with Gasteiger partial charge in [0.1, 0.15) is 0 Å². The molecule has 0 spiro atoms. The number of nitrogens with one attached hydrogen (secondary N) is 2. The number of hydrogen-bond acceptors (Lipinski definition) is 3. The third kappa shape index (κ3) is 5.89. The van der Waals surface area contributed by atoms with E-state index in [0.717, 1.165) is 12.1 Å². The summed E-state index contributed by atoms with van der Waals surface area (Å²) >= 11 is 0. The summed E-state index contributed by atoms with van der Waals surface area (Å²) < 4.78 is 0. The summed E-state index contributed by atoms with van der Waals surface area (Å²) in [4.78, 5) is 24.3. The average molecular weight is 362 g/mol. The van der Waals surface area contributed by atoms with Gasteiger partial charge in [0.15, 0.2) is 0 Å². The highest BCUT2D eigenvalue weighted by Gasteiger charge is 2.27. The van der Waals surface area contributed by atoms with Crippen molar-refractivity contribution in [2.24, 2.45) is 5.73 Å². The van der Waals surface area contributed by atoms with Crippen LogP contribution in [0.5, 0.6) is 0 Å². The van der Waals surface area contributed by atoms with Gasteiger partial charge < -0.3 is 16.4 Å². The fourth-order valence-corrected chi connectivity index (χ4v) is 2.34. The molecule has 0 heterocycles. The summed E-state index contributed by atoms with van der Waals surface area (Å²) in [6, 6.07) is 16.0. The van der Waals surface area contributed by atoms with Gasteiger partial charge in [-0.25, -0.2) is 0 Å². The van der Waals surface area contributed by atoms with Crippen molar-refractivity contribution in [2.45, 2.75) is 32.2 Å². The van der Waals surface area contributed by atoms with Gasteiger partial charge in [-0.1, -0.05) is 31.5 Å². The Bertz CT molecular complexity index is 700. The highest BCUT2D eigenvalue weighted by Crippen LogP contribution is 2.16. The largest absolute Gasteiger partial charge is 0.325 e. The number of para-hydroxylation sites is 1. The Balaban J connectivity index is 0.00000312. The number of halogens is 1. The molecule has 0 aliphatic heterocycles. The molecule has 25 heavy (non-hydrogen) atoms. The standard InChI is InChI=1S/C19H23N3O2.ClH/c1-3-13-19(2,20)18(24)22-16-11-9-14(10-12-16)17(23)21-15-7-5-4-6-8-15;/h4-12H,3,13,20H2,1-2H3,(H,21,23)(H,22,24);1H. The Morgan fingerprint density at radius 2 is 1.52 bits per heavy atom. The predicted molar refractivity (Wildman–Crippen MR) is 104 cm³/mol. The van der Waals surface area contributed by atoms with Crippen LogP contribution in [-0.2, 0) is 4.79 Å². The Hall–Kier alpha value is -2.37. The molecule has 5 nitrogen and oxygen atoms in total. The van der Waals surface area contributed by atoms with Gasteiger partial charge in [0, 0.05) is 16.9 Å². The third-order valence-electron chi connectivity index (χ3n) is 3.72. The van der Waals surface area contributed by atoms with Crippen molar-refractivity contribution in [3.05, 3.63) is 60.2 Å². The van der Waals surface area contributed by atoms with Gasteiger partial charge >= 0.3 is 0 Å². The van der Waals surface area contributed by atoms with Crippen LogP contribution in [0.3, 0.4) is 0 Å². The fraction of sp³-hybridized carbons (Fsp3) is 0.263. The number of rotatable bonds is 6. The lowest BCUT2D eigenvalue weighted by Crippen LogP contribution is -2.48. The fourth-order valence-electron chi connectivity index (χ4n) is 2.34. The maximum Gasteiger partial charge on any atom is 0.255 e. The SMILES string of the molecule is CCCC(C)(N)C(=O)Nc1ccc(C(=O)Nc2ccccc2)cc1.Cl. The Labute approximate surface area is 154 Å². The molecule has 134 valence electrons. The Kier molecular flexibility index (Phi) is 7.61. The van der Waals surface area contributed by atoms with Gasteiger partial charge in [-0.15, -0.1) is 12.4 Å². The molecule has 0 aliphatic carbocycles. The van der Waals surface area contributed by atoms with E-state index >= 15 is 0 Å². The molecule has 2 rings (SSSR count). The Morgan fingerprint density at radius 3 is 2.08 bits per heavy atom. The van der Waals surface area contributed by atoms with Gasteiger partial charge in [-0.2, -0.15) is 0 Å². The first-order valence-corrected chi connectivity index (χ1v) is 7.99. The molecule has 1 atom stereocenters. The minimum atomic E-state index is -0.905. The van der Waals surface area contributed by atoms with Crippen LogP contribution in [0, 0.1) is 0 Å². The summed E-state index contributed by atoms with van der Waals surface area (Å²) in [6.07, 6.45) is 1.44. The summed E-state index contributed by atoms with van der Waals surface area (Å²) in [5.74, 6) is -0.431. The third-order valence-corrected chi connectivity index (χ3v) is 3.72. The van der Waals surface area contributed by atoms with Crippen molar-refractivity contribution in [3.63, 3.8) is 0 Å². The number of hydrogen-bond donors (Lipinski definition) is 3. The smallest absolute Gasteiger partial charge is 0.255 e. The van der Waals surface area contributed by atoms with E-state index in [1.807, 2.05) is 37.3 Å². The highest BCUT2D eigenvalue weighted by atomic mass is 35.5. The Morgan fingerprint density at radius 1 is 0.960 bits per heavy atom. The van der Waals surface area contributed by atoms with E-state index in [1.54, 1.807) is 31.2 Å². The predicted octanol–water partition coefficient (Wildman–Crippen LogP) is 3.82. The van der Waals surface area contributed by atoms with E-state index in [-0.39, 0.29) is 24.2 Å². The van der Waals surface area contributed by atoms with Crippen LogP contribution >= 0.6 is 12.4 Å². The molecule has 0 aliphatic rings. The van der Waals surface area contributed by atoms with Gasteiger partial charge in [-0.3, -0.25) is 9.59 Å². The summed E-state index contributed by atoms with van der Waals surface area (Å²) in [5.41, 5.74) is 6.97. The zero-order valence-electron chi connectivity index (χ0n) is 14.4. The highest BCUT2D eigenvalue weighted by molar-refractivity contribution is 6.05. The normalized spacial score (nSPS) is 12.4. The molecule has 2 amide bonds. The molecule has 0 saturated carbocycles. The summed E-state index contributed by atoms with van der Waals surface area (Å²) in [5, 5.41) is 5.60. The van der Waals surface area contributed by atoms with Gasteiger partial charge in [-0.05, 0) is 49.7 Å². The van der Waals surface area contributed by atoms with Crippen molar-refractivity contribution in [2.75, 3.05) is 10.6 Å². The van der Waals surface area contributed by atoms with E-state index in [0.29, 0.717) is 17.7 Å². The maximum absolute atomic E-state index is 12.2. The summed E-state index contributed by atoms with van der Waals surface area (Å²) in [7, 11) is 0. The summed E-state index contributed by atoms with van der Waals surface area (Å²) in [6.45, 7) is 3.70. The molecule has 0 fully saturated rings. The molecule has 0 radical (unpaired) electrons. The van der Waals surface area contributed by atoms with Crippen LogP contribution in [0.2, 0.25) is 0 Å². The molecule has 0 aromatic heterocycles. The lowest BCUT2D eigenvalue weighted by Gasteiger charge is -2.22. The molecular formula is C19H24ClN3O2. The van der Waals surface area contributed by atoms with Crippen LogP contribution in [-0.4, -0.2) is 17.4 Å². The molecule has 0 saturated heterocycles. The van der Waals surface area contributed by atoms with E-state index in [2.05, 4.69) is 10.6 Å². The topological polar surface area (TPSA) is 84.2 Å². The van der Waals surface area contributed by atoms with Crippen LogP contribution in [0.25, 0.3) is 0 Å². The monoisotopic (exact) mass is 361 g/mol. The second-order valence-electron chi connectivity index (χ2n) is 6.02. The molecule has 2 aromatic carbocycles. The number of amides is 2. The minimum absolute atomic E-state index is 0. The molecule has 4 N–H and O–H groups in total.